The Hall–Kier alpha value is -0.960. The predicted molar refractivity (Wildman–Crippen MR) is 58.5 cm³/mol. The molecule has 1 atom stereocenters. The van der Waals surface area contributed by atoms with Crippen LogP contribution in [0.4, 0.5) is 8.78 Å². The molecule has 0 radical (unpaired) electrons. The number of aliphatic hydroxyl groups excluding tert-OH is 1. The second-order valence-electron chi connectivity index (χ2n) is 4.46. The molecule has 0 aromatic heterocycles. The van der Waals surface area contributed by atoms with E-state index in [-0.39, 0.29) is 13.0 Å². The van der Waals surface area contributed by atoms with Crippen LogP contribution in [0, 0.1) is 0 Å². The molecule has 1 aromatic carbocycles. The van der Waals surface area contributed by atoms with Crippen molar-refractivity contribution >= 4 is 0 Å². The minimum absolute atomic E-state index is 0.0129. The first-order valence-electron chi connectivity index (χ1n) is 5.71. The average Bonchev–Trinajstić information content (AvgIpc) is 2.28. The number of alkyl halides is 2. The SMILES string of the molecule is OCc1cccc(C2CCCCC2(F)F)c1. The lowest BCUT2D eigenvalue weighted by Gasteiger charge is -2.31. The Balaban J connectivity index is 2.27. The summed E-state index contributed by atoms with van der Waals surface area (Å²) in [6.45, 7) is -0.0911. The van der Waals surface area contributed by atoms with Gasteiger partial charge in [-0.1, -0.05) is 30.7 Å². The van der Waals surface area contributed by atoms with E-state index in [1.165, 1.54) is 0 Å². The number of hydrogen-bond acceptors (Lipinski definition) is 1. The van der Waals surface area contributed by atoms with Gasteiger partial charge in [0.25, 0.3) is 5.92 Å². The molecule has 1 N–H and O–H groups in total. The molecule has 3 heteroatoms. The van der Waals surface area contributed by atoms with Crippen LogP contribution in [-0.4, -0.2) is 11.0 Å². The summed E-state index contributed by atoms with van der Waals surface area (Å²) >= 11 is 0. The number of halogens is 2. The van der Waals surface area contributed by atoms with Crippen molar-refractivity contribution < 1.29 is 13.9 Å². The third kappa shape index (κ3) is 2.24. The van der Waals surface area contributed by atoms with E-state index in [0.29, 0.717) is 24.0 Å². The maximum absolute atomic E-state index is 13.7. The molecule has 1 unspecified atom stereocenters. The highest BCUT2D eigenvalue weighted by molar-refractivity contribution is 5.28. The fraction of sp³-hybridized carbons (Fsp3) is 0.538. The molecule has 2 rings (SSSR count). The molecule has 1 aliphatic carbocycles. The Morgan fingerprint density at radius 3 is 2.81 bits per heavy atom. The van der Waals surface area contributed by atoms with Gasteiger partial charge in [-0.15, -0.1) is 0 Å². The zero-order chi connectivity index (χ0) is 11.6. The van der Waals surface area contributed by atoms with E-state index >= 15 is 0 Å². The fourth-order valence-corrected chi connectivity index (χ4v) is 2.41. The normalized spacial score (nSPS) is 24.3. The zero-order valence-electron chi connectivity index (χ0n) is 9.13. The molecule has 0 amide bonds. The van der Waals surface area contributed by atoms with Gasteiger partial charge in [-0.2, -0.15) is 0 Å². The van der Waals surface area contributed by atoms with Crippen molar-refractivity contribution in [2.45, 2.75) is 44.1 Å². The summed E-state index contributed by atoms with van der Waals surface area (Å²) in [5.41, 5.74) is 1.37. The van der Waals surface area contributed by atoms with Gasteiger partial charge >= 0.3 is 0 Å². The molecule has 0 spiro atoms. The number of aliphatic hydroxyl groups is 1. The van der Waals surface area contributed by atoms with Crippen LogP contribution in [0.15, 0.2) is 24.3 Å². The smallest absolute Gasteiger partial charge is 0.254 e. The molecule has 88 valence electrons. The van der Waals surface area contributed by atoms with Gasteiger partial charge < -0.3 is 5.11 Å². The standard InChI is InChI=1S/C13H16F2O/c14-13(15)7-2-1-6-12(13)11-5-3-4-10(8-11)9-16/h3-5,8,12,16H,1-2,6-7,9H2. The molecule has 0 aliphatic heterocycles. The van der Waals surface area contributed by atoms with Crippen molar-refractivity contribution in [1.82, 2.24) is 0 Å². The van der Waals surface area contributed by atoms with Crippen molar-refractivity contribution in [1.29, 1.82) is 0 Å². The highest BCUT2D eigenvalue weighted by Crippen LogP contribution is 2.44. The van der Waals surface area contributed by atoms with Crippen molar-refractivity contribution in [3.05, 3.63) is 35.4 Å². The van der Waals surface area contributed by atoms with E-state index in [0.717, 1.165) is 6.42 Å². The highest BCUT2D eigenvalue weighted by Gasteiger charge is 2.42. The van der Waals surface area contributed by atoms with Gasteiger partial charge in [-0.3, -0.25) is 0 Å². The highest BCUT2D eigenvalue weighted by atomic mass is 19.3. The zero-order valence-corrected chi connectivity index (χ0v) is 9.13. The van der Waals surface area contributed by atoms with E-state index in [1.807, 2.05) is 0 Å². The van der Waals surface area contributed by atoms with Crippen LogP contribution in [0.5, 0.6) is 0 Å². The first kappa shape index (κ1) is 11.5. The summed E-state index contributed by atoms with van der Waals surface area (Å²) in [6.07, 6.45) is 2.01. The fourth-order valence-electron chi connectivity index (χ4n) is 2.41. The summed E-state index contributed by atoms with van der Waals surface area (Å²) < 4.78 is 27.5. The number of hydrogen-bond donors (Lipinski definition) is 1. The van der Waals surface area contributed by atoms with E-state index in [4.69, 9.17) is 5.11 Å². The first-order chi connectivity index (χ1) is 7.63. The first-order valence-corrected chi connectivity index (χ1v) is 5.71. The molecule has 1 nitrogen and oxygen atoms in total. The van der Waals surface area contributed by atoms with Crippen molar-refractivity contribution in [3.63, 3.8) is 0 Å². The Kier molecular flexibility index (Phi) is 3.24. The van der Waals surface area contributed by atoms with Crippen molar-refractivity contribution in [2.75, 3.05) is 0 Å². The van der Waals surface area contributed by atoms with Crippen molar-refractivity contribution in [3.8, 4) is 0 Å². The lowest BCUT2D eigenvalue weighted by atomic mass is 9.80. The molecule has 1 saturated carbocycles. The molecule has 1 aromatic rings. The molecular weight excluding hydrogens is 210 g/mol. The summed E-state index contributed by atoms with van der Waals surface area (Å²) in [6, 6.07) is 6.93. The lowest BCUT2D eigenvalue weighted by Crippen LogP contribution is -2.29. The largest absolute Gasteiger partial charge is 0.392 e. The third-order valence-corrected chi connectivity index (χ3v) is 3.30. The summed E-state index contributed by atoms with van der Waals surface area (Å²) in [4.78, 5) is 0. The molecule has 1 aliphatic rings. The number of rotatable bonds is 2. The van der Waals surface area contributed by atoms with Gasteiger partial charge in [0.15, 0.2) is 0 Å². The van der Waals surface area contributed by atoms with E-state index in [9.17, 15) is 8.78 Å². The Morgan fingerprint density at radius 2 is 2.12 bits per heavy atom. The van der Waals surface area contributed by atoms with Crippen LogP contribution in [-0.2, 0) is 6.61 Å². The Labute approximate surface area is 94.1 Å². The number of benzene rings is 1. The van der Waals surface area contributed by atoms with Crippen LogP contribution in [0.25, 0.3) is 0 Å². The molecule has 1 fully saturated rings. The predicted octanol–water partition coefficient (Wildman–Crippen LogP) is 3.47. The van der Waals surface area contributed by atoms with E-state index in [1.54, 1.807) is 24.3 Å². The van der Waals surface area contributed by atoms with Crippen LogP contribution < -0.4 is 0 Å². The minimum Gasteiger partial charge on any atom is -0.392 e. The third-order valence-electron chi connectivity index (χ3n) is 3.30. The Bertz CT molecular complexity index is 363. The summed E-state index contributed by atoms with van der Waals surface area (Å²) in [5, 5.41) is 9.00. The van der Waals surface area contributed by atoms with Crippen LogP contribution in [0.2, 0.25) is 0 Å². The van der Waals surface area contributed by atoms with Gasteiger partial charge in [-0.25, -0.2) is 8.78 Å². The van der Waals surface area contributed by atoms with Gasteiger partial charge in [0.1, 0.15) is 0 Å². The Morgan fingerprint density at radius 1 is 1.31 bits per heavy atom. The maximum atomic E-state index is 13.7. The van der Waals surface area contributed by atoms with E-state index < -0.39 is 11.8 Å². The molecule has 0 bridgehead atoms. The van der Waals surface area contributed by atoms with Gasteiger partial charge in [0.2, 0.25) is 0 Å². The topological polar surface area (TPSA) is 20.2 Å². The van der Waals surface area contributed by atoms with Gasteiger partial charge in [0.05, 0.1) is 6.61 Å². The van der Waals surface area contributed by atoms with E-state index in [2.05, 4.69) is 0 Å². The quantitative estimate of drug-likeness (QED) is 0.818. The molecular formula is C13H16F2O. The van der Waals surface area contributed by atoms with Gasteiger partial charge in [-0.05, 0) is 24.0 Å². The monoisotopic (exact) mass is 226 g/mol. The summed E-state index contributed by atoms with van der Waals surface area (Å²) in [7, 11) is 0. The minimum atomic E-state index is -2.59. The second kappa shape index (κ2) is 4.50. The van der Waals surface area contributed by atoms with Crippen LogP contribution in [0.3, 0.4) is 0 Å². The molecule has 16 heavy (non-hydrogen) atoms. The molecule has 0 saturated heterocycles. The average molecular weight is 226 g/mol. The lowest BCUT2D eigenvalue weighted by molar-refractivity contribution is -0.0547. The van der Waals surface area contributed by atoms with Crippen LogP contribution in [0.1, 0.15) is 42.7 Å². The molecule has 0 heterocycles. The summed E-state index contributed by atoms with van der Waals surface area (Å²) in [5.74, 6) is -3.26. The van der Waals surface area contributed by atoms with Gasteiger partial charge in [0, 0.05) is 12.3 Å². The van der Waals surface area contributed by atoms with Crippen molar-refractivity contribution in [2.24, 2.45) is 0 Å². The van der Waals surface area contributed by atoms with Crippen LogP contribution >= 0.6 is 0 Å². The second-order valence-corrected chi connectivity index (χ2v) is 4.46. The maximum Gasteiger partial charge on any atom is 0.254 e.